The van der Waals surface area contributed by atoms with E-state index in [4.69, 9.17) is 0 Å². The number of hydrogen-bond donors (Lipinski definition) is 1. The first kappa shape index (κ1) is 12.4. The second kappa shape index (κ2) is 5.04. The number of benzene rings is 1. The predicted molar refractivity (Wildman–Crippen MR) is 71.7 cm³/mol. The summed E-state index contributed by atoms with van der Waals surface area (Å²) in [4.78, 5) is 11.2. The maximum absolute atomic E-state index is 11.2. The number of aromatic nitrogens is 2. The molecule has 1 aromatic heterocycles. The summed E-state index contributed by atoms with van der Waals surface area (Å²) < 4.78 is 1.81. The maximum atomic E-state index is 11.2. The molecule has 0 saturated carbocycles. The summed E-state index contributed by atoms with van der Waals surface area (Å²) >= 11 is 0. The van der Waals surface area contributed by atoms with Crippen molar-refractivity contribution in [3.63, 3.8) is 0 Å². The van der Waals surface area contributed by atoms with Gasteiger partial charge in [0.1, 0.15) is 0 Å². The van der Waals surface area contributed by atoms with Crippen LogP contribution in [0.15, 0.2) is 30.5 Å². The fraction of sp³-hybridized carbons (Fsp3) is 0.286. The second-order valence-electron chi connectivity index (χ2n) is 4.40. The first-order valence-corrected chi connectivity index (χ1v) is 5.90. The van der Waals surface area contributed by atoms with Gasteiger partial charge in [-0.25, -0.2) is 0 Å². The van der Waals surface area contributed by atoms with Crippen molar-refractivity contribution in [1.29, 1.82) is 0 Å². The number of hydrogen-bond acceptors (Lipinski definition) is 3. The van der Waals surface area contributed by atoms with E-state index >= 15 is 0 Å². The Bertz CT molecular complexity index is 555. The van der Waals surface area contributed by atoms with Crippen molar-refractivity contribution in [2.45, 2.75) is 20.4 Å². The number of Topliss-reactive ketones (excluding diaryl/α,β-unsaturated/α-hetero) is 1. The van der Waals surface area contributed by atoms with Crippen LogP contribution >= 0.6 is 0 Å². The van der Waals surface area contributed by atoms with Crippen molar-refractivity contribution < 1.29 is 4.79 Å². The minimum absolute atomic E-state index is 0.0876. The van der Waals surface area contributed by atoms with E-state index in [0.717, 1.165) is 23.5 Å². The lowest BCUT2D eigenvalue weighted by molar-refractivity contribution is 0.101. The molecule has 0 aliphatic heterocycles. The highest BCUT2D eigenvalue weighted by atomic mass is 16.1. The Morgan fingerprint density at radius 1 is 1.33 bits per heavy atom. The number of nitrogens with one attached hydrogen (secondary N) is 1. The number of carbonyl (C=O) groups is 1. The molecule has 1 N–H and O–H groups in total. The lowest BCUT2D eigenvalue weighted by atomic mass is 10.1. The minimum Gasteiger partial charge on any atom is -0.381 e. The van der Waals surface area contributed by atoms with Crippen LogP contribution in [0.25, 0.3) is 0 Å². The van der Waals surface area contributed by atoms with Crippen LogP contribution < -0.4 is 5.32 Å². The summed E-state index contributed by atoms with van der Waals surface area (Å²) in [6.07, 6.45) is 2.01. The molecular formula is C14H17N3O. The van der Waals surface area contributed by atoms with Gasteiger partial charge in [-0.15, -0.1) is 0 Å². The van der Waals surface area contributed by atoms with Gasteiger partial charge in [0.15, 0.2) is 5.78 Å². The van der Waals surface area contributed by atoms with E-state index in [1.807, 2.05) is 49.1 Å². The number of aryl methyl sites for hydroxylation is 2. The topological polar surface area (TPSA) is 46.9 Å². The highest BCUT2D eigenvalue weighted by Gasteiger charge is 2.03. The Kier molecular flexibility index (Phi) is 3.46. The lowest BCUT2D eigenvalue weighted by Gasteiger charge is -2.06. The average Bonchev–Trinajstić information content (AvgIpc) is 2.66. The van der Waals surface area contributed by atoms with Crippen molar-refractivity contribution in [3.05, 3.63) is 47.3 Å². The number of ketones is 1. The summed E-state index contributed by atoms with van der Waals surface area (Å²) in [5.74, 6) is 0.0876. The smallest absolute Gasteiger partial charge is 0.159 e. The third-order valence-electron chi connectivity index (χ3n) is 2.89. The van der Waals surface area contributed by atoms with E-state index in [1.165, 1.54) is 5.56 Å². The van der Waals surface area contributed by atoms with Crippen LogP contribution in [0.5, 0.6) is 0 Å². The van der Waals surface area contributed by atoms with Gasteiger partial charge in [0.2, 0.25) is 0 Å². The Balaban J connectivity index is 2.02. The van der Waals surface area contributed by atoms with Crippen LogP contribution in [0, 0.1) is 6.92 Å². The molecule has 2 aromatic rings. The van der Waals surface area contributed by atoms with E-state index in [-0.39, 0.29) is 5.78 Å². The normalized spacial score (nSPS) is 10.4. The van der Waals surface area contributed by atoms with Gasteiger partial charge in [-0.1, -0.05) is 0 Å². The summed E-state index contributed by atoms with van der Waals surface area (Å²) in [6.45, 7) is 4.30. The zero-order valence-electron chi connectivity index (χ0n) is 10.9. The lowest BCUT2D eigenvalue weighted by Crippen LogP contribution is -2.00. The van der Waals surface area contributed by atoms with Crippen LogP contribution in [-0.4, -0.2) is 15.6 Å². The zero-order chi connectivity index (χ0) is 13.1. The molecule has 0 spiro atoms. The van der Waals surface area contributed by atoms with Crippen LogP contribution in [-0.2, 0) is 13.6 Å². The van der Waals surface area contributed by atoms with E-state index in [2.05, 4.69) is 10.4 Å². The van der Waals surface area contributed by atoms with Gasteiger partial charge in [0.05, 0.1) is 5.69 Å². The fourth-order valence-electron chi connectivity index (χ4n) is 1.84. The number of carbonyl (C=O) groups excluding carboxylic acids is 1. The summed E-state index contributed by atoms with van der Waals surface area (Å²) in [5.41, 5.74) is 3.94. The molecule has 4 heteroatoms. The fourth-order valence-corrected chi connectivity index (χ4v) is 1.84. The van der Waals surface area contributed by atoms with Gasteiger partial charge in [-0.05, 0) is 38.1 Å². The highest BCUT2D eigenvalue weighted by molar-refractivity contribution is 5.94. The molecule has 0 aliphatic rings. The largest absolute Gasteiger partial charge is 0.381 e. The van der Waals surface area contributed by atoms with Crippen molar-refractivity contribution in [1.82, 2.24) is 9.78 Å². The Morgan fingerprint density at radius 2 is 2.00 bits per heavy atom. The van der Waals surface area contributed by atoms with E-state index in [1.54, 1.807) is 6.92 Å². The molecule has 1 aromatic carbocycles. The number of nitrogens with zero attached hydrogens (tertiary/aromatic N) is 2. The predicted octanol–water partition coefficient (Wildman–Crippen LogP) is 2.54. The molecule has 4 nitrogen and oxygen atoms in total. The number of anilines is 1. The molecule has 0 saturated heterocycles. The SMILES string of the molecule is CC(=O)c1ccc(NCc2cn(C)nc2C)cc1. The van der Waals surface area contributed by atoms with Gasteiger partial charge in [-0.2, -0.15) is 5.10 Å². The molecule has 0 atom stereocenters. The Hall–Kier alpha value is -2.10. The van der Waals surface area contributed by atoms with Gasteiger partial charge >= 0.3 is 0 Å². The molecular weight excluding hydrogens is 226 g/mol. The molecule has 18 heavy (non-hydrogen) atoms. The quantitative estimate of drug-likeness (QED) is 0.839. The molecule has 0 amide bonds. The van der Waals surface area contributed by atoms with Gasteiger partial charge in [0.25, 0.3) is 0 Å². The van der Waals surface area contributed by atoms with Crippen molar-refractivity contribution in [2.75, 3.05) is 5.32 Å². The molecule has 1 heterocycles. The van der Waals surface area contributed by atoms with E-state index < -0.39 is 0 Å². The zero-order valence-corrected chi connectivity index (χ0v) is 10.9. The molecule has 0 radical (unpaired) electrons. The minimum atomic E-state index is 0.0876. The molecule has 0 unspecified atom stereocenters. The van der Waals surface area contributed by atoms with E-state index in [9.17, 15) is 4.79 Å². The van der Waals surface area contributed by atoms with Crippen LogP contribution in [0.2, 0.25) is 0 Å². The molecule has 2 rings (SSSR count). The van der Waals surface area contributed by atoms with Crippen LogP contribution in [0.1, 0.15) is 28.5 Å². The van der Waals surface area contributed by atoms with E-state index in [0.29, 0.717) is 0 Å². The first-order valence-electron chi connectivity index (χ1n) is 5.90. The summed E-state index contributed by atoms with van der Waals surface area (Å²) in [6, 6.07) is 7.51. The standard InChI is InChI=1S/C14H17N3O/c1-10-13(9-17(3)16-10)8-15-14-6-4-12(5-7-14)11(2)18/h4-7,9,15H,8H2,1-3H3. The summed E-state index contributed by atoms with van der Waals surface area (Å²) in [5, 5.41) is 7.61. The van der Waals surface area contributed by atoms with Crippen molar-refractivity contribution >= 4 is 11.5 Å². The maximum Gasteiger partial charge on any atom is 0.159 e. The van der Waals surface area contributed by atoms with Gasteiger partial charge in [0, 0.05) is 36.6 Å². The van der Waals surface area contributed by atoms with Gasteiger partial charge < -0.3 is 5.32 Å². The monoisotopic (exact) mass is 243 g/mol. The van der Waals surface area contributed by atoms with Crippen LogP contribution in [0.3, 0.4) is 0 Å². The molecule has 0 fully saturated rings. The first-order chi connectivity index (χ1) is 8.56. The van der Waals surface area contributed by atoms with Crippen LogP contribution in [0.4, 0.5) is 5.69 Å². The number of rotatable bonds is 4. The van der Waals surface area contributed by atoms with Crippen molar-refractivity contribution in [2.24, 2.45) is 7.05 Å². The van der Waals surface area contributed by atoms with Crippen molar-refractivity contribution in [3.8, 4) is 0 Å². The average molecular weight is 243 g/mol. The Labute approximate surface area is 107 Å². The third-order valence-corrected chi connectivity index (χ3v) is 2.89. The van der Waals surface area contributed by atoms with Gasteiger partial charge in [-0.3, -0.25) is 9.48 Å². The molecule has 0 bridgehead atoms. The Morgan fingerprint density at radius 3 is 2.50 bits per heavy atom. The molecule has 0 aliphatic carbocycles. The third kappa shape index (κ3) is 2.77. The second-order valence-corrected chi connectivity index (χ2v) is 4.40. The highest BCUT2D eigenvalue weighted by Crippen LogP contribution is 2.12. The summed E-state index contributed by atoms with van der Waals surface area (Å²) in [7, 11) is 1.91. The molecule has 94 valence electrons.